The number of rotatable bonds is 4. The maximum Gasteiger partial charge on any atom is 0.272 e. The van der Waals surface area contributed by atoms with Crippen LogP contribution in [0.4, 0.5) is 11.5 Å². The van der Waals surface area contributed by atoms with Crippen molar-refractivity contribution >= 4 is 29.0 Å². The van der Waals surface area contributed by atoms with E-state index in [1.54, 1.807) is 35.9 Å². The van der Waals surface area contributed by atoms with Crippen molar-refractivity contribution in [2.75, 3.05) is 5.32 Å². The molecule has 132 valence electrons. The largest absolute Gasteiger partial charge is 0.306 e. The zero-order chi connectivity index (χ0) is 18.8. The summed E-state index contributed by atoms with van der Waals surface area (Å²) in [4.78, 5) is 23.0. The number of aryl methyl sites for hydroxylation is 2. The molecule has 0 fully saturated rings. The van der Waals surface area contributed by atoms with E-state index in [0.717, 1.165) is 5.69 Å². The molecule has 1 heterocycles. The Bertz CT molecular complexity index is 1010. The lowest BCUT2D eigenvalue weighted by Gasteiger charge is -2.09. The van der Waals surface area contributed by atoms with Gasteiger partial charge in [-0.2, -0.15) is 5.10 Å². The van der Waals surface area contributed by atoms with E-state index in [-0.39, 0.29) is 11.6 Å². The number of hydrogen-bond acceptors (Lipinski definition) is 4. The van der Waals surface area contributed by atoms with Crippen LogP contribution in [0, 0.1) is 24.0 Å². The third kappa shape index (κ3) is 3.57. The Morgan fingerprint density at radius 3 is 2.62 bits per heavy atom. The van der Waals surface area contributed by atoms with Crippen molar-refractivity contribution in [2.24, 2.45) is 0 Å². The van der Waals surface area contributed by atoms with Crippen LogP contribution in [-0.4, -0.2) is 20.6 Å². The third-order valence-corrected chi connectivity index (χ3v) is 4.02. The molecule has 3 aromatic rings. The predicted octanol–water partition coefficient (Wildman–Crippen LogP) is 4.30. The second kappa shape index (κ2) is 6.97. The van der Waals surface area contributed by atoms with Crippen LogP contribution in [0.3, 0.4) is 0 Å². The first kappa shape index (κ1) is 17.6. The first-order valence-electron chi connectivity index (χ1n) is 7.74. The van der Waals surface area contributed by atoms with Gasteiger partial charge in [-0.05, 0) is 44.2 Å². The molecule has 0 bridgehead atoms. The summed E-state index contributed by atoms with van der Waals surface area (Å²) in [6.45, 7) is 3.40. The molecular weight excluding hydrogens is 356 g/mol. The van der Waals surface area contributed by atoms with Crippen LogP contribution in [0.1, 0.15) is 21.6 Å². The molecule has 0 aliphatic heterocycles. The van der Waals surface area contributed by atoms with E-state index in [0.29, 0.717) is 27.7 Å². The number of amides is 1. The third-order valence-electron chi connectivity index (χ3n) is 3.78. The Kier molecular flexibility index (Phi) is 4.73. The summed E-state index contributed by atoms with van der Waals surface area (Å²) in [6, 6.07) is 13.1. The van der Waals surface area contributed by atoms with Crippen molar-refractivity contribution in [2.45, 2.75) is 13.8 Å². The summed E-state index contributed by atoms with van der Waals surface area (Å²) in [5.41, 5.74) is 2.15. The van der Waals surface area contributed by atoms with Gasteiger partial charge in [-0.3, -0.25) is 14.9 Å². The molecule has 26 heavy (non-hydrogen) atoms. The highest BCUT2D eigenvalue weighted by Gasteiger charge is 2.16. The number of carbonyl (C=O) groups is 1. The van der Waals surface area contributed by atoms with Gasteiger partial charge >= 0.3 is 0 Å². The monoisotopic (exact) mass is 370 g/mol. The van der Waals surface area contributed by atoms with Crippen molar-refractivity contribution in [3.8, 4) is 5.69 Å². The van der Waals surface area contributed by atoms with E-state index < -0.39 is 4.92 Å². The lowest BCUT2D eigenvalue weighted by molar-refractivity contribution is -0.385. The molecule has 0 aliphatic rings. The fourth-order valence-electron chi connectivity index (χ4n) is 2.58. The molecule has 0 unspecified atom stereocenters. The lowest BCUT2D eigenvalue weighted by Crippen LogP contribution is -2.15. The SMILES string of the molecule is Cc1cc(NC(=O)c2ccc([N+](=O)[O-])c(C)c2)n(-c2cccc(Cl)c2)n1. The molecule has 8 heteroatoms. The number of nitro benzene ring substituents is 1. The number of nitrogens with zero attached hydrogens (tertiary/aromatic N) is 3. The number of aromatic nitrogens is 2. The van der Waals surface area contributed by atoms with Crippen LogP contribution in [0.25, 0.3) is 5.69 Å². The zero-order valence-electron chi connectivity index (χ0n) is 14.1. The van der Waals surface area contributed by atoms with Gasteiger partial charge in [-0.15, -0.1) is 0 Å². The van der Waals surface area contributed by atoms with Gasteiger partial charge in [0.1, 0.15) is 5.82 Å². The quantitative estimate of drug-likeness (QED) is 0.547. The Hall–Kier alpha value is -3.19. The van der Waals surface area contributed by atoms with E-state index in [1.807, 2.05) is 13.0 Å². The molecule has 0 atom stereocenters. The summed E-state index contributed by atoms with van der Waals surface area (Å²) in [7, 11) is 0. The fourth-order valence-corrected chi connectivity index (χ4v) is 2.77. The molecule has 0 radical (unpaired) electrons. The van der Waals surface area contributed by atoms with Gasteiger partial charge in [-0.25, -0.2) is 4.68 Å². The average molecular weight is 371 g/mol. The first-order chi connectivity index (χ1) is 12.3. The predicted molar refractivity (Wildman–Crippen MR) is 99.1 cm³/mol. The van der Waals surface area contributed by atoms with Gasteiger partial charge in [0.25, 0.3) is 11.6 Å². The molecule has 0 saturated heterocycles. The fraction of sp³-hybridized carbons (Fsp3) is 0.111. The van der Waals surface area contributed by atoms with Crippen LogP contribution in [0.2, 0.25) is 5.02 Å². The van der Waals surface area contributed by atoms with Gasteiger partial charge in [0.15, 0.2) is 0 Å². The van der Waals surface area contributed by atoms with Crippen molar-refractivity contribution in [1.82, 2.24) is 9.78 Å². The highest BCUT2D eigenvalue weighted by atomic mass is 35.5. The Morgan fingerprint density at radius 1 is 1.19 bits per heavy atom. The molecule has 0 spiro atoms. The van der Waals surface area contributed by atoms with E-state index in [1.165, 1.54) is 18.2 Å². The Balaban J connectivity index is 1.91. The molecule has 0 aliphatic carbocycles. The Morgan fingerprint density at radius 2 is 1.96 bits per heavy atom. The summed E-state index contributed by atoms with van der Waals surface area (Å²) in [5.74, 6) is 0.0944. The van der Waals surface area contributed by atoms with E-state index in [4.69, 9.17) is 11.6 Å². The lowest BCUT2D eigenvalue weighted by atomic mass is 10.1. The first-order valence-corrected chi connectivity index (χ1v) is 8.12. The van der Waals surface area contributed by atoms with Gasteiger partial charge in [0.2, 0.25) is 0 Å². The number of nitrogens with one attached hydrogen (secondary N) is 1. The highest BCUT2D eigenvalue weighted by molar-refractivity contribution is 6.30. The summed E-state index contributed by atoms with van der Waals surface area (Å²) >= 11 is 6.03. The molecule has 1 aromatic heterocycles. The minimum atomic E-state index is -0.478. The molecule has 0 saturated carbocycles. The minimum Gasteiger partial charge on any atom is -0.306 e. The van der Waals surface area contributed by atoms with Crippen molar-refractivity contribution in [1.29, 1.82) is 0 Å². The summed E-state index contributed by atoms with van der Waals surface area (Å²) < 4.78 is 1.58. The minimum absolute atomic E-state index is 0.0265. The molecule has 1 amide bonds. The summed E-state index contributed by atoms with van der Waals surface area (Å²) in [5, 5.41) is 18.6. The van der Waals surface area contributed by atoms with Crippen LogP contribution < -0.4 is 5.32 Å². The number of anilines is 1. The Labute approximate surface area is 154 Å². The number of benzene rings is 2. The molecule has 3 rings (SSSR count). The zero-order valence-corrected chi connectivity index (χ0v) is 14.8. The normalized spacial score (nSPS) is 10.6. The second-order valence-corrected chi connectivity index (χ2v) is 6.21. The number of nitro groups is 1. The molecule has 7 nitrogen and oxygen atoms in total. The van der Waals surface area contributed by atoms with Crippen molar-refractivity contribution < 1.29 is 9.72 Å². The van der Waals surface area contributed by atoms with E-state index >= 15 is 0 Å². The average Bonchev–Trinajstić information content (AvgIpc) is 2.94. The second-order valence-electron chi connectivity index (χ2n) is 5.78. The van der Waals surface area contributed by atoms with Crippen LogP contribution in [-0.2, 0) is 0 Å². The smallest absolute Gasteiger partial charge is 0.272 e. The molecule has 1 N–H and O–H groups in total. The van der Waals surface area contributed by atoms with Crippen LogP contribution in [0.5, 0.6) is 0 Å². The van der Waals surface area contributed by atoms with E-state index in [2.05, 4.69) is 10.4 Å². The van der Waals surface area contributed by atoms with Gasteiger partial charge in [0, 0.05) is 28.3 Å². The summed E-state index contributed by atoms with van der Waals surface area (Å²) in [6.07, 6.45) is 0. The van der Waals surface area contributed by atoms with Crippen LogP contribution in [0.15, 0.2) is 48.5 Å². The van der Waals surface area contributed by atoms with Crippen molar-refractivity contribution in [3.05, 3.63) is 80.5 Å². The molecule has 2 aromatic carbocycles. The highest BCUT2D eigenvalue weighted by Crippen LogP contribution is 2.22. The number of halogens is 1. The van der Waals surface area contributed by atoms with E-state index in [9.17, 15) is 14.9 Å². The standard InChI is InChI=1S/C18H15ClN4O3/c1-11-8-13(6-7-16(11)23(25)26)18(24)20-17-9-12(2)21-22(17)15-5-3-4-14(19)10-15/h3-10H,1-2H3,(H,20,24). The van der Waals surface area contributed by atoms with Crippen LogP contribution >= 0.6 is 11.6 Å². The number of hydrogen-bond donors (Lipinski definition) is 1. The van der Waals surface area contributed by atoms with Gasteiger partial charge < -0.3 is 5.32 Å². The maximum atomic E-state index is 12.6. The molecular formula is C18H15ClN4O3. The van der Waals surface area contributed by atoms with Gasteiger partial charge in [-0.1, -0.05) is 17.7 Å². The number of carbonyl (C=O) groups excluding carboxylic acids is 1. The van der Waals surface area contributed by atoms with Gasteiger partial charge in [0.05, 0.1) is 16.3 Å². The topological polar surface area (TPSA) is 90.1 Å². The maximum absolute atomic E-state index is 12.6. The van der Waals surface area contributed by atoms with Crippen molar-refractivity contribution in [3.63, 3.8) is 0 Å².